The van der Waals surface area contributed by atoms with Gasteiger partial charge in [0.15, 0.2) is 5.60 Å². The van der Waals surface area contributed by atoms with E-state index < -0.39 is 21.8 Å². The molecule has 0 bridgehead atoms. The third-order valence-corrected chi connectivity index (χ3v) is 10.7. The Morgan fingerprint density at radius 2 is 1.68 bits per heavy atom. The van der Waals surface area contributed by atoms with E-state index in [0.29, 0.717) is 45.2 Å². The van der Waals surface area contributed by atoms with Gasteiger partial charge in [-0.25, -0.2) is 8.42 Å². The smallest absolute Gasteiger partial charge is 0.378 e. The molecule has 0 spiro atoms. The number of ether oxygens (including phenoxy) is 2. The van der Waals surface area contributed by atoms with Crippen molar-refractivity contribution in [3.63, 3.8) is 0 Å². The van der Waals surface area contributed by atoms with Gasteiger partial charge in [-0.3, -0.25) is 4.90 Å². The summed E-state index contributed by atoms with van der Waals surface area (Å²) in [5.41, 5.74) is -2.54. The first-order valence-electron chi connectivity index (χ1n) is 12.1. The van der Waals surface area contributed by atoms with E-state index in [1.807, 2.05) is 0 Å². The Hall–Kier alpha value is -1.74. The molecule has 204 valence electrons. The predicted molar refractivity (Wildman–Crippen MR) is 132 cm³/mol. The summed E-state index contributed by atoms with van der Waals surface area (Å²) < 4.78 is 79.2. The van der Waals surface area contributed by atoms with Crippen molar-refractivity contribution in [2.24, 2.45) is 0 Å². The van der Waals surface area contributed by atoms with Crippen LogP contribution in [0.1, 0.15) is 12.5 Å². The number of anilines is 1. The molecule has 3 aliphatic rings. The van der Waals surface area contributed by atoms with Crippen LogP contribution >= 0.6 is 11.3 Å². The third-order valence-electron chi connectivity index (χ3n) is 7.45. The number of halogens is 3. The molecule has 37 heavy (non-hydrogen) atoms. The molecular formula is C24H30F3N3O5S2. The van der Waals surface area contributed by atoms with Crippen LogP contribution in [-0.2, 0) is 25.1 Å². The number of hydrogen-bond acceptors (Lipinski definition) is 8. The first-order chi connectivity index (χ1) is 17.5. The first kappa shape index (κ1) is 26.9. The van der Waals surface area contributed by atoms with Gasteiger partial charge in [0, 0.05) is 31.9 Å². The Labute approximate surface area is 218 Å². The van der Waals surface area contributed by atoms with E-state index in [-0.39, 0.29) is 41.0 Å². The average Bonchev–Trinajstić information content (AvgIpc) is 3.32. The van der Waals surface area contributed by atoms with E-state index in [1.54, 1.807) is 29.6 Å². The van der Waals surface area contributed by atoms with E-state index in [2.05, 4.69) is 9.80 Å². The molecule has 1 N–H and O–H groups in total. The van der Waals surface area contributed by atoms with Crippen LogP contribution in [0.2, 0.25) is 0 Å². The van der Waals surface area contributed by atoms with Crippen molar-refractivity contribution in [1.29, 1.82) is 0 Å². The fraction of sp³-hybridized carbons (Fsp3) is 0.583. The fourth-order valence-corrected chi connectivity index (χ4v) is 7.50. The van der Waals surface area contributed by atoms with Gasteiger partial charge in [-0.05, 0) is 36.1 Å². The second-order valence-electron chi connectivity index (χ2n) is 9.84. The minimum absolute atomic E-state index is 0.212. The first-order valence-corrected chi connectivity index (χ1v) is 14.4. The lowest BCUT2D eigenvalue weighted by Gasteiger charge is -2.50. The molecule has 4 heterocycles. The topological polar surface area (TPSA) is 82.6 Å². The summed E-state index contributed by atoms with van der Waals surface area (Å²) >= 11 is 1.17. The van der Waals surface area contributed by atoms with Crippen LogP contribution in [0.5, 0.6) is 0 Å². The lowest BCUT2D eigenvalue weighted by atomic mass is 9.95. The SMILES string of the molecule is CC(O)(c1ccc(N2CCN(S(=O)(=O)c3cccs3)C[C@@H]2CN(C2COC2)C2COC2)cc1)C(F)(F)F. The highest BCUT2D eigenvalue weighted by atomic mass is 32.2. The van der Waals surface area contributed by atoms with Gasteiger partial charge >= 0.3 is 6.18 Å². The molecule has 1 aromatic carbocycles. The summed E-state index contributed by atoms with van der Waals surface area (Å²) in [6.07, 6.45) is -4.81. The predicted octanol–water partition coefficient (Wildman–Crippen LogP) is 2.50. The highest BCUT2D eigenvalue weighted by Crippen LogP contribution is 2.39. The highest BCUT2D eigenvalue weighted by molar-refractivity contribution is 7.91. The Morgan fingerprint density at radius 1 is 1.05 bits per heavy atom. The number of benzene rings is 1. The second kappa shape index (κ2) is 10.1. The molecule has 1 unspecified atom stereocenters. The van der Waals surface area contributed by atoms with Crippen LogP contribution in [0.3, 0.4) is 0 Å². The molecule has 0 saturated carbocycles. The standard InChI is InChI=1S/C24H30F3N3O5S2/c1-23(31,24(25,26)27)17-4-6-18(7-5-17)29-9-8-28(37(32,33)22-3-2-10-36-22)11-19(29)12-30(20-13-34-14-20)21-15-35-16-21/h2-7,10,19-21,31H,8-9,11-16H2,1H3/t19-,23?/m1/s1. The fourth-order valence-electron chi connectivity index (χ4n) is 4.89. The zero-order valence-electron chi connectivity index (χ0n) is 20.3. The van der Waals surface area contributed by atoms with Gasteiger partial charge in [-0.15, -0.1) is 11.3 Å². The number of rotatable bonds is 8. The lowest BCUT2D eigenvalue weighted by molar-refractivity contribution is -0.258. The summed E-state index contributed by atoms with van der Waals surface area (Å²) in [7, 11) is -3.66. The number of piperazine rings is 1. The molecule has 5 rings (SSSR count). The van der Waals surface area contributed by atoms with E-state index >= 15 is 0 Å². The summed E-state index contributed by atoms with van der Waals surface area (Å²) in [5, 5.41) is 11.8. The number of hydrogen-bond donors (Lipinski definition) is 1. The van der Waals surface area contributed by atoms with Crippen LogP contribution in [0, 0.1) is 0 Å². The third kappa shape index (κ3) is 5.14. The monoisotopic (exact) mass is 561 g/mol. The second-order valence-corrected chi connectivity index (χ2v) is 13.0. The van der Waals surface area contributed by atoms with E-state index in [0.717, 1.165) is 6.92 Å². The highest BCUT2D eigenvalue weighted by Gasteiger charge is 2.51. The molecule has 3 fully saturated rings. The molecule has 2 atom stereocenters. The van der Waals surface area contributed by atoms with Crippen molar-refractivity contribution < 1.29 is 36.2 Å². The van der Waals surface area contributed by atoms with Crippen molar-refractivity contribution in [2.45, 2.75) is 41.0 Å². The maximum absolute atomic E-state index is 13.3. The molecular weight excluding hydrogens is 531 g/mol. The molecule has 0 radical (unpaired) electrons. The number of aliphatic hydroxyl groups is 1. The van der Waals surface area contributed by atoms with Crippen molar-refractivity contribution >= 4 is 27.0 Å². The van der Waals surface area contributed by atoms with Crippen molar-refractivity contribution in [2.75, 3.05) is 57.5 Å². The van der Waals surface area contributed by atoms with Gasteiger partial charge in [0.1, 0.15) is 4.21 Å². The Morgan fingerprint density at radius 3 is 2.16 bits per heavy atom. The summed E-state index contributed by atoms with van der Waals surface area (Å²) in [6.45, 7) is 4.55. The summed E-state index contributed by atoms with van der Waals surface area (Å²) in [6, 6.07) is 9.17. The van der Waals surface area contributed by atoms with Crippen LogP contribution in [-0.4, -0.2) is 99.6 Å². The number of sulfonamides is 1. The number of nitrogens with zero attached hydrogens (tertiary/aromatic N) is 3. The average molecular weight is 562 g/mol. The molecule has 3 aliphatic heterocycles. The number of alkyl halides is 3. The van der Waals surface area contributed by atoms with E-state index in [9.17, 15) is 26.7 Å². The zero-order valence-corrected chi connectivity index (χ0v) is 21.9. The maximum Gasteiger partial charge on any atom is 0.421 e. The van der Waals surface area contributed by atoms with Crippen LogP contribution in [0.15, 0.2) is 46.0 Å². The molecule has 1 aromatic heterocycles. The quantitative estimate of drug-likeness (QED) is 0.531. The summed E-state index contributed by atoms with van der Waals surface area (Å²) in [4.78, 5) is 4.37. The van der Waals surface area contributed by atoms with Crippen LogP contribution < -0.4 is 4.90 Å². The minimum Gasteiger partial charge on any atom is -0.378 e. The van der Waals surface area contributed by atoms with Gasteiger partial charge in [0.2, 0.25) is 0 Å². The van der Waals surface area contributed by atoms with Gasteiger partial charge < -0.3 is 19.5 Å². The largest absolute Gasteiger partial charge is 0.421 e. The van der Waals surface area contributed by atoms with Gasteiger partial charge in [0.25, 0.3) is 10.0 Å². The van der Waals surface area contributed by atoms with Crippen LogP contribution in [0.4, 0.5) is 18.9 Å². The number of thiophene rings is 1. The van der Waals surface area contributed by atoms with Crippen molar-refractivity contribution in [1.82, 2.24) is 9.21 Å². The summed E-state index contributed by atoms with van der Waals surface area (Å²) in [5.74, 6) is 0. The molecule has 0 aliphatic carbocycles. The van der Waals surface area contributed by atoms with E-state index in [1.165, 1.54) is 27.8 Å². The molecule has 0 amide bonds. The maximum atomic E-state index is 13.3. The zero-order chi connectivity index (χ0) is 26.4. The Bertz CT molecular complexity index is 1150. The Kier molecular flexibility index (Phi) is 7.33. The van der Waals surface area contributed by atoms with Crippen LogP contribution in [0.25, 0.3) is 0 Å². The van der Waals surface area contributed by atoms with Gasteiger partial charge in [-0.2, -0.15) is 17.5 Å². The molecule has 3 saturated heterocycles. The molecule has 13 heteroatoms. The van der Waals surface area contributed by atoms with Gasteiger partial charge in [0.05, 0.1) is 44.6 Å². The van der Waals surface area contributed by atoms with Crippen molar-refractivity contribution in [3.05, 3.63) is 47.3 Å². The van der Waals surface area contributed by atoms with Gasteiger partial charge in [-0.1, -0.05) is 18.2 Å². The Balaban J connectivity index is 1.42. The van der Waals surface area contributed by atoms with Crippen molar-refractivity contribution in [3.8, 4) is 0 Å². The lowest BCUT2D eigenvalue weighted by Crippen LogP contribution is -2.65. The normalized spacial score (nSPS) is 24.1. The molecule has 2 aromatic rings. The minimum atomic E-state index is -4.81. The molecule has 8 nitrogen and oxygen atoms in total. The van der Waals surface area contributed by atoms with E-state index in [4.69, 9.17) is 9.47 Å².